The minimum atomic E-state index is -1.01. The summed E-state index contributed by atoms with van der Waals surface area (Å²) < 4.78 is 6.39. The van der Waals surface area contributed by atoms with E-state index in [9.17, 15) is 9.59 Å². The van der Waals surface area contributed by atoms with E-state index in [0.717, 1.165) is 10.2 Å². The Kier molecular flexibility index (Phi) is 7.08. The highest BCUT2D eigenvalue weighted by molar-refractivity contribution is 9.10. The maximum atomic E-state index is 11.6. The fourth-order valence-corrected chi connectivity index (χ4v) is 1.98. The Morgan fingerprint density at radius 1 is 1.40 bits per heavy atom. The highest BCUT2D eigenvalue weighted by Gasteiger charge is 2.16. The zero-order chi connectivity index (χ0) is 15.0. The van der Waals surface area contributed by atoms with Crippen LogP contribution in [-0.2, 0) is 9.59 Å². The van der Waals surface area contributed by atoms with Gasteiger partial charge in [-0.3, -0.25) is 4.79 Å². The smallest absolute Gasteiger partial charge is 0.326 e. The zero-order valence-corrected chi connectivity index (χ0v) is 12.9. The van der Waals surface area contributed by atoms with Crippen molar-refractivity contribution in [2.75, 3.05) is 6.61 Å². The zero-order valence-electron chi connectivity index (χ0n) is 11.3. The van der Waals surface area contributed by atoms with Gasteiger partial charge in [0.05, 0.1) is 11.1 Å². The molecule has 0 saturated heterocycles. The van der Waals surface area contributed by atoms with Crippen molar-refractivity contribution in [1.82, 2.24) is 5.32 Å². The number of ether oxygens (including phenoxy) is 1. The van der Waals surface area contributed by atoms with Gasteiger partial charge in [-0.1, -0.05) is 19.1 Å². The minimum Gasteiger partial charge on any atom is -0.492 e. The molecule has 5 nitrogen and oxygen atoms in total. The number of para-hydroxylation sites is 1. The molecule has 0 aromatic heterocycles. The van der Waals surface area contributed by atoms with E-state index in [1.54, 1.807) is 6.92 Å². The second kappa shape index (κ2) is 8.58. The standard InChI is InChI=1S/C14H18BrNO4/c1-2-11(14(18)19)16-13(17)8-5-9-20-12-7-4-3-6-10(12)15/h3-4,6-7,11H,2,5,8-9H2,1H3,(H,16,17)(H,18,19). The van der Waals surface area contributed by atoms with Crippen LogP contribution in [0.1, 0.15) is 26.2 Å². The molecule has 0 aliphatic carbocycles. The normalized spacial score (nSPS) is 11.7. The van der Waals surface area contributed by atoms with Crippen LogP contribution in [0.5, 0.6) is 5.75 Å². The largest absolute Gasteiger partial charge is 0.492 e. The monoisotopic (exact) mass is 343 g/mol. The average molecular weight is 344 g/mol. The molecule has 20 heavy (non-hydrogen) atoms. The van der Waals surface area contributed by atoms with Gasteiger partial charge in [-0.05, 0) is 40.9 Å². The first-order valence-corrected chi connectivity index (χ1v) is 7.23. The van der Waals surface area contributed by atoms with Crippen molar-refractivity contribution in [2.24, 2.45) is 0 Å². The number of nitrogens with one attached hydrogen (secondary N) is 1. The van der Waals surface area contributed by atoms with Crippen LogP contribution in [0.2, 0.25) is 0 Å². The predicted molar refractivity (Wildman–Crippen MR) is 78.7 cm³/mol. The molecule has 1 aromatic carbocycles. The van der Waals surface area contributed by atoms with Gasteiger partial charge in [-0.2, -0.15) is 0 Å². The minimum absolute atomic E-state index is 0.244. The Labute approximate surface area is 126 Å². The number of benzene rings is 1. The molecule has 0 heterocycles. The van der Waals surface area contributed by atoms with Gasteiger partial charge in [0.2, 0.25) is 5.91 Å². The number of hydrogen-bond acceptors (Lipinski definition) is 3. The maximum Gasteiger partial charge on any atom is 0.326 e. The van der Waals surface area contributed by atoms with Crippen LogP contribution >= 0.6 is 15.9 Å². The number of carbonyl (C=O) groups is 2. The van der Waals surface area contributed by atoms with Crippen LogP contribution in [0.4, 0.5) is 0 Å². The first kappa shape index (κ1) is 16.5. The van der Waals surface area contributed by atoms with Gasteiger partial charge >= 0.3 is 5.97 Å². The van der Waals surface area contributed by atoms with E-state index in [-0.39, 0.29) is 12.3 Å². The lowest BCUT2D eigenvalue weighted by Gasteiger charge is -2.12. The van der Waals surface area contributed by atoms with Crippen LogP contribution in [0, 0.1) is 0 Å². The summed E-state index contributed by atoms with van der Waals surface area (Å²) in [6.45, 7) is 2.12. The van der Waals surface area contributed by atoms with Gasteiger partial charge in [-0.25, -0.2) is 4.79 Å². The molecular weight excluding hydrogens is 326 g/mol. The lowest BCUT2D eigenvalue weighted by atomic mass is 10.2. The van der Waals surface area contributed by atoms with Crippen LogP contribution in [0.3, 0.4) is 0 Å². The number of hydrogen-bond donors (Lipinski definition) is 2. The molecule has 0 radical (unpaired) electrons. The summed E-state index contributed by atoms with van der Waals surface area (Å²) in [5, 5.41) is 11.3. The second-order valence-electron chi connectivity index (χ2n) is 4.25. The van der Waals surface area contributed by atoms with Crippen molar-refractivity contribution in [3.8, 4) is 5.75 Å². The highest BCUT2D eigenvalue weighted by Crippen LogP contribution is 2.23. The molecule has 1 aromatic rings. The summed E-state index contributed by atoms with van der Waals surface area (Å²) in [4.78, 5) is 22.3. The molecule has 0 spiro atoms. The fourth-order valence-electron chi connectivity index (χ4n) is 1.58. The average Bonchev–Trinajstić information content (AvgIpc) is 2.42. The van der Waals surface area contributed by atoms with E-state index >= 15 is 0 Å². The Hall–Kier alpha value is -1.56. The maximum absolute atomic E-state index is 11.6. The molecule has 1 rings (SSSR count). The van der Waals surface area contributed by atoms with E-state index in [2.05, 4.69) is 21.2 Å². The van der Waals surface area contributed by atoms with Gasteiger partial charge < -0.3 is 15.2 Å². The first-order chi connectivity index (χ1) is 9.54. The van der Waals surface area contributed by atoms with Gasteiger partial charge in [0, 0.05) is 6.42 Å². The fraction of sp³-hybridized carbons (Fsp3) is 0.429. The SMILES string of the molecule is CCC(NC(=O)CCCOc1ccccc1Br)C(=O)O. The molecule has 6 heteroatoms. The van der Waals surface area contributed by atoms with Crippen molar-refractivity contribution < 1.29 is 19.4 Å². The van der Waals surface area contributed by atoms with E-state index in [4.69, 9.17) is 9.84 Å². The number of amides is 1. The molecule has 2 N–H and O–H groups in total. The van der Waals surface area contributed by atoms with Crippen LogP contribution in [-0.4, -0.2) is 29.6 Å². The summed E-state index contributed by atoms with van der Waals surface area (Å²) in [6.07, 6.45) is 1.14. The topological polar surface area (TPSA) is 75.6 Å². The van der Waals surface area contributed by atoms with Crippen LogP contribution < -0.4 is 10.1 Å². The van der Waals surface area contributed by atoms with E-state index in [0.29, 0.717) is 19.4 Å². The number of carbonyl (C=O) groups excluding carboxylic acids is 1. The van der Waals surface area contributed by atoms with Crippen molar-refractivity contribution in [2.45, 2.75) is 32.2 Å². The van der Waals surface area contributed by atoms with Crippen LogP contribution in [0.25, 0.3) is 0 Å². The van der Waals surface area contributed by atoms with Crippen molar-refractivity contribution in [1.29, 1.82) is 0 Å². The second-order valence-corrected chi connectivity index (χ2v) is 5.10. The Morgan fingerprint density at radius 2 is 2.10 bits per heavy atom. The lowest BCUT2D eigenvalue weighted by Crippen LogP contribution is -2.40. The highest BCUT2D eigenvalue weighted by atomic mass is 79.9. The van der Waals surface area contributed by atoms with Crippen molar-refractivity contribution >= 4 is 27.8 Å². The predicted octanol–water partition coefficient (Wildman–Crippen LogP) is 2.59. The molecule has 110 valence electrons. The summed E-state index contributed by atoms with van der Waals surface area (Å²) in [5.41, 5.74) is 0. The van der Waals surface area contributed by atoms with Gasteiger partial charge in [0.25, 0.3) is 0 Å². The molecular formula is C14H18BrNO4. The third-order valence-electron chi connectivity index (χ3n) is 2.68. The number of rotatable bonds is 8. The van der Waals surface area contributed by atoms with E-state index < -0.39 is 12.0 Å². The van der Waals surface area contributed by atoms with Gasteiger partial charge in [-0.15, -0.1) is 0 Å². The Balaban J connectivity index is 2.26. The Morgan fingerprint density at radius 3 is 2.70 bits per heavy atom. The number of carboxylic acid groups (broad SMARTS) is 1. The molecule has 0 bridgehead atoms. The lowest BCUT2D eigenvalue weighted by molar-refractivity contribution is -0.141. The number of aliphatic carboxylic acids is 1. The molecule has 0 aliphatic heterocycles. The quantitative estimate of drug-likeness (QED) is 0.711. The summed E-state index contributed by atoms with van der Waals surface area (Å²) in [7, 11) is 0. The van der Waals surface area contributed by atoms with Gasteiger partial charge in [0.15, 0.2) is 0 Å². The summed E-state index contributed by atoms with van der Waals surface area (Å²) in [6, 6.07) is 6.65. The Bertz CT molecular complexity index is 464. The molecule has 0 aliphatic rings. The van der Waals surface area contributed by atoms with Crippen molar-refractivity contribution in [3.05, 3.63) is 28.7 Å². The van der Waals surface area contributed by atoms with E-state index in [1.165, 1.54) is 0 Å². The third kappa shape index (κ3) is 5.61. The number of halogens is 1. The third-order valence-corrected chi connectivity index (χ3v) is 3.34. The number of carboxylic acids is 1. The molecule has 1 amide bonds. The van der Waals surface area contributed by atoms with Crippen molar-refractivity contribution in [3.63, 3.8) is 0 Å². The van der Waals surface area contributed by atoms with E-state index in [1.807, 2.05) is 24.3 Å². The summed E-state index contributed by atoms with van der Waals surface area (Å²) >= 11 is 3.37. The molecule has 1 unspecified atom stereocenters. The molecule has 1 atom stereocenters. The molecule has 0 fully saturated rings. The van der Waals surface area contributed by atoms with Crippen LogP contribution in [0.15, 0.2) is 28.7 Å². The first-order valence-electron chi connectivity index (χ1n) is 6.44. The molecule has 0 saturated carbocycles. The van der Waals surface area contributed by atoms with Gasteiger partial charge in [0.1, 0.15) is 11.8 Å². The summed E-state index contributed by atoms with van der Waals surface area (Å²) in [5.74, 6) is -0.551.